The number of nitrogens with zero attached hydrogens (tertiary/aromatic N) is 1. The molecule has 4 nitrogen and oxygen atoms in total. The summed E-state index contributed by atoms with van der Waals surface area (Å²) in [5.74, 6) is 0.0747. The number of benzene rings is 1. The molecule has 0 bridgehead atoms. The molecule has 1 aromatic carbocycles. The third-order valence-corrected chi connectivity index (χ3v) is 4.21. The van der Waals surface area contributed by atoms with E-state index in [1.807, 2.05) is 50.8 Å². The number of nitrogens with one attached hydrogen (secondary N) is 1. The molecule has 0 aromatic heterocycles. The summed E-state index contributed by atoms with van der Waals surface area (Å²) in [7, 11) is 0. The van der Waals surface area contributed by atoms with Crippen LogP contribution in [0.25, 0.3) is 0 Å². The van der Waals surface area contributed by atoms with Crippen molar-refractivity contribution >= 4 is 11.7 Å². The van der Waals surface area contributed by atoms with Gasteiger partial charge in [-0.05, 0) is 44.9 Å². The van der Waals surface area contributed by atoms with Crippen LogP contribution in [0.4, 0.5) is 0 Å². The lowest BCUT2D eigenvalue weighted by Crippen LogP contribution is -2.58. The highest BCUT2D eigenvalue weighted by molar-refractivity contribution is 6.00. The number of ketones is 1. The Morgan fingerprint density at radius 3 is 2.70 bits per heavy atom. The van der Waals surface area contributed by atoms with Crippen molar-refractivity contribution < 1.29 is 9.59 Å². The lowest BCUT2D eigenvalue weighted by atomic mass is 9.98. The molecule has 2 atom stereocenters. The van der Waals surface area contributed by atoms with Gasteiger partial charge in [0.2, 0.25) is 5.91 Å². The van der Waals surface area contributed by atoms with Gasteiger partial charge in [0.15, 0.2) is 5.78 Å². The molecule has 20 heavy (non-hydrogen) atoms. The average Bonchev–Trinajstić information content (AvgIpc) is 2.43. The van der Waals surface area contributed by atoms with Crippen LogP contribution in [0.5, 0.6) is 0 Å². The molecule has 1 aliphatic rings. The fourth-order valence-corrected chi connectivity index (χ4v) is 2.62. The van der Waals surface area contributed by atoms with E-state index in [0.717, 1.165) is 11.1 Å². The quantitative estimate of drug-likeness (QED) is 0.853. The average molecular weight is 274 g/mol. The van der Waals surface area contributed by atoms with Gasteiger partial charge in [-0.15, -0.1) is 0 Å². The molecule has 108 valence electrons. The Bertz CT molecular complexity index is 539. The molecular weight excluding hydrogens is 252 g/mol. The highest BCUT2D eigenvalue weighted by Gasteiger charge is 2.32. The van der Waals surface area contributed by atoms with Crippen LogP contribution >= 0.6 is 0 Å². The third-order valence-electron chi connectivity index (χ3n) is 4.21. The maximum Gasteiger partial charge on any atom is 0.237 e. The topological polar surface area (TPSA) is 49.4 Å². The molecule has 1 amide bonds. The first kappa shape index (κ1) is 14.7. The highest BCUT2D eigenvalue weighted by Crippen LogP contribution is 2.16. The van der Waals surface area contributed by atoms with Gasteiger partial charge >= 0.3 is 0 Å². The van der Waals surface area contributed by atoms with Gasteiger partial charge in [0.1, 0.15) is 0 Å². The number of amides is 1. The Hall–Kier alpha value is -1.68. The van der Waals surface area contributed by atoms with Crippen LogP contribution in [0.15, 0.2) is 18.2 Å². The molecule has 1 N–H and O–H groups in total. The zero-order chi connectivity index (χ0) is 14.9. The molecule has 0 radical (unpaired) electrons. The Labute approximate surface area is 120 Å². The van der Waals surface area contributed by atoms with Gasteiger partial charge in [-0.2, -0.15) is 0 Å². The Kier molecular flexibility index (Phi) is 4.23. The van der Waals surface area contributed by atoms with Crippen LogP contribution in [-0.4, -0.2) is 41.8 Å². The van der Waals surface area contributed by atoms with Crippen molar-refractivity contribution in [3.05, 3.63) is 34.9 Å². The summed E-state index contributed by atoms with van der Waals surface area (Å²) in [5.41, 5.74) is 3.02. The summed E-state index contributed by atoms with van der Waals surface area (Å²) >= 11 is 0. The molecule has 1 heterocycles. The van der Waals surface area contributed by atoms with Crippen molar-refractivity contribution in [2.24, 2.45) is 0 Å². The standard InChI is InChI=1S/C16H22N2O2/c1-10-5-6-14(9-11(10)2)15(19)12(3)18-8-7-17-16(20)13(18)4/h5-6,9,12-13H,7-8H2,1-4H3,(H,17,20). The molecule has 0 spiro atoms. The Balaban J connectivity index is 2.19. The van der Waals surface area contributed by atoms with Crippen LogP contribution in [0.3, 0.4) is 0 Å². The summed E-state index contributed by atoms with van der Waals surface area (Å²) in [5, 5.41) is 2.82. The van der Waals surface area contributed by atoms with Gasteiger partial charge in [-0.1, -0.05) is 12.1 Å². The minimum Gasteiger partial charge on any atom is -0.353 e. The first-order chi connectivity index (χ1) is 9.41. The number of aryl methyl sites for hydroxylation is 2. The fraction of sp³-hybridized carbons (Fsp3) is 0.500. The first-order valence-corrected chi connectivity index (χ1v) is 7.06. The van der Waals surface area contributed by atoms with Crippen LogP contribution in [-0.2, 0) is 4.79 Å². The molecule has 0 saturated carbocycles. The maximum absolute atomic E-state index is 12.6. The molecule has 2 rings (SSSR count). The minimum absolute atomic E-state index is 0.00372. The minimum atomic E-state index is -0.279. The molecule has 1 saturated heterocycles. The Morgan fingerprint density at radius 1 is 1.35 bits per heavy atom. The first-order valence-electron chi connectivity index (χ1n) is 7.06. The van der Waals surface area contributed by atoms with Crippen LogP contribution in [0.1, 0.15) is 35.3 Å². The summed E-state index contributed by atoms with van der Waals surface area (Å²) in [4.78, 5) is 26.3. The molecule has 1 aliphatic heterocycles. The van der Waals surface area contributed by atoms with E-state index in [2.05, 4.69) is 5.32 Å². The van der Waals surface area contributed by atoms with Crippen LogP contribution in [0.2, 0.25) is 0 Å². The highest BCUT2D eigenvalue weighted by atomic mass is 16.2. The third kappa shape index (κ3) is 2.75. The van der Waals surface area contributed by atoms with Crippen molar-refractivity contribution in [1.29, 1.82) is 0 Å². The lowest BCUT2D eigenvalue weighted by molar-refractivity contribution is -0.128. The van der Waals surface area contributed by atoms with Gasteiger partial charge < -0.3 is 5.32 Å². The summed E-state index contributed by atoms with van der Waals surface area (Å²) in [6, 6.07) is 5.24. The van der Waals surface area contributed by atoms with Crippen molar-refractivity contribution in [2.45, 2.75) is 39.8 Å². The maximum atomic E-state index is 12.6. The van der Waals surface area contributed by atoms with Gasteiger partial charge in [0.05, 0.1) is 12.1 Å². The van der Waals surface area contributed by atoms with E-state index in [9.17, 15) is 9.59 Å². The van der Waals surface area contributed by atoms with Crippen molar-refractivity contribution in [3.63, 3.8) is 0 Å². The van der Waals surface area contributed by atoms with Crippen molar-refractivity contribution in [2.75, 3.05) is 13.1 Å². The van der Waals surface area contributed by atoms with Crippen molar-refractivity contribution in [3.8, 4) is 0 Å². The van der Waals surface area contributed by atoms with Gasteiger partial charge in [-0.25, -0.2) is 0 Å². The smallest absolute Gasteiger partial charge is 0.237 e. The lowest BCUT2D eigenvalue weighted by Gasteiger charge is -2.36. The number of rotatable bonds is 3. The van der Waals surface area contributed by atoms with E-state index in [1.165, 1.54) is 5.56 Å². The van der Waals surface area contributed by atoms with E-state index >= 15 is 0 Å². The molecule has 1 aromatic rings. The van der Waals surface area contributed by atoms with E-state index in [0.29, 0.717) is 13.1 Å². The zero-order valence-corrected chi connectivity index (χ0v) is 12.6. The normalized spacial score (nSPS) is 21.4. The van der Waals surface area contributed by atoms with Crippen molar-refractivity contribution in [1.82, 2.24) is 10.2 Å². The number of Topliss-reactive ketones (excluding diaryl/α,β-unsaturated/α-hetero) is 1. The van der Waals surface area contributed by atoms with Crippen LogP contribution in [0, 0.1) is 13.8 Å². The van der Waals surface area contributed by atoms with Crippen LogP contribution < -0.4 is 5.32 Å². The number of piperazine rings is 1. The Morgan fingerprint density at radius 2 is 2.05 bits per heavy atom. The molecule has 1 fully saturated rings. The number of carbonyl (C=O) groups is 2. The molecular formula is C16H22N2O2. The summed E-state index contributed by atoms with van der Waals surface area (Å²) < 4.78 is 0. The van der Waals surface area contributed by atoms with E-state index in [1.54, 1.807) is 0 Å². The predicted octanol–water partition coefficient (Wildman–Crippen LogP) is 1.69. The van der Waals surface area contributed by atoms with E-state index in [-0.39, 0.29) is 23.8 Å². The number of hydrogen-bond acceptors (Lipinski definition) is 3. The number of carbonyl (C=O) groups excluding carboxylic acids is 2. The monoisotopic (exact) mass is 274 g/mol. The molecule has 2 unspecified atom stereocenters. The van der Waals surface area contributed by atoms with E-state index < -0.39 is 0 Å². The number of hydrogen-bond donors (Lipinski definition) is 1. The second kappa shape index (κ2) is 5.75. The molecule has 0 aliphatic carbocycles. The van der Waals surface area contributed by atoms with Gasteiger partial charge in [-0.3, -0.25) is 14.5 Å². The summed E-state index contributed by atoms with van der Waals surface area (Å²) in [6.07, 6.45) is 0. The van der Waals surface area contributed by atoms with E-state index in [4.69, 9.17) is 0 Å². The fourth-order valence-electron chi connectivity index (χ4n) is 2.62. The largest absolute Gasteiger partial charge is 0.353 e. The molecule has 4 heteroatoms. The predicted molar refractivity (Wildman–Crippen MR) is 78.9 cm³/mol. The van der Waals surface area contributed by atoms with Gasteiger partial charge in [0, 0.05) is 18.7 Å². The van der Waals surface area contributed by atoms with Gasteiger partial charge in [0.25, 0.3) is 0 Å². The second-order valence-electron chi connectivity index (χ2n) is 5.54. The second-order valence-corrected chi connectivity index (χ2v) is 5.54. The summed E-state index contributed by atoms with van der Waals surface area (Å²) in [6.45, 7) is 9.08. The SMILES string of the molecule is Cc1ccc(C(=O)C(C)N2CCNC(=O)C2C)cc1C. The zero-order valence-electron chi connectivity index (χ0n) is 12.6.